The molecule has 0 spiro atoms. The van der Waals surface area contributed by atoms with Crippen molar-refractivity contribution in [3.63, 3.8) is 0 Å². The fourth-order valence-electron chi connectivity index (χ4n) is 2.66. The minimum atomic E-state index is -3.47. The van der Waals surface area contributed by atoms with Gasteiger partial charge < -0.3 is 9.47 Å². The number of halogens is 5. The van der Waals surface area contributed by atoms with E-state index in [1.165, 1.54) is 0 Å². The summed E-state index contributed by atoms with van der Waals surface area (Å²) in [5, 5.41) is 0.131. The van der Waals surface area contributed by atoms with Gasteiger partial charge in [0.25, 0.3) is 11.5 Å². The van der Waals surface area contributed by atoms with E-state index in [-0.39, 0.29) is 17.2 Å². The molecule has 164 valence electrons. The van der Waals surface area contributed by atoms with Crippen LogP contribution in [-0.2, 0) is 22.5 Å². The van der Waals surface area contributed by atoms with Gasteiger partial charge in [-0.2, -0.15) is 0 Å². The van der Waals surface area contributed by atoms with E-state index in [0.717, 1.165) is 26.3 Å². The first kappa shape index (κ1) is 24.0. The lowest BCUT2D eigenvalue weighted by atomic mass is 10.2. The number of carbonyl (C=O) groups is 1. The second kappa shape index (κ2) is 9.25. The summed E-state index contributed by atoms with van der Waals surface area (Å²) in [6.07, 6.45) is -0.927. The van der Waals surface area contributed by atoms with E-state index in [0.29, 0.717) is 27.5 Å². The van der Waals surface area contributed by atoms with Gasteiger partial charge in [0, 0.05) is 37.9 Å². The Kier molecular flexibility index (Phi) is 7.40. The zero-order valence-corrected chi connectivity index (χ0v) is 18.4. The summed E-state index contributed by atoms with van der Waals surface area (Å²) in [7, 11) is 2.18. The quantitative estimate of drug-likeness (QED) is 0.420. The average Bonchev–Trinajstić information content (AvgIpc) is 2.65. The number of hydrogen-bond acceptors (Lipinski definition) is 5. The third kappa shape index (κ3) is 4.89. The van der Waals surface area contributed by atoms with Gasteiger partial charge in [-0.3, -0.25) is 9.36 Å². The Balaban J connectivity index is 2.66. The molecule has 30 heavy (non-hydrogen) atoms. The highest BCUT2D eigenvalue weighted by Gasteiger charge is 2.30. The Hall–Kier alpha value is -2.27. The molecule has 0 aliphatic rings. The summed E-state index contributed by atoms with van der Waals surface area (Å²) in [6, 6.07) is 2.26. The number of esters is 1. The van der Waals surface area contributed by atoms with Crippen molar-refractivity contribution in [2.45, 2.75) is 25.4 Å². The van der Waals surface area contributed by atoms with Crippen molar-refractivity contribution in [2.24, 2.45) is 7.05 Å². The fourth-order valence-corrected chi connectivity index (χ4v) is 3.27. The molecule has 1 aromatic heterocycles. The first-order valence-electron chi connectivity index (χ1n) is 8.43. The summed E-state index contributed by atoms with van der Waals surface area (Å²) in [4.78, 5) is 36.8. The van der Waals surface area contributed by atoms with Crippen LogP contribution < -0.4 is 16.0 Å². The number of aromatic nitrogens is 2. The van der Waals surface area contributed by atoms with Crippen molar-refractivity contribution < 1.29 is 27.4 Å². The zero-order valence-electron chi connectivity index (χ0n) is 16.0. The number of rotatable bonds is 7. The number of methoxy groups -OCH3 is 1. The third-order valence-corrected chi connectivity index (χ3v) is 4.87. The van der Waals surface area contributed by atoms with Gasteiger partial charge in [0.15, 0.2) is 6.10 Å². The fraction of sp³-hybridized carbons (Fsp3) is 0.389. The smallest absolute Gasteiger partial charge is 0.347 e. The predicted octanol–water partition coefficient (Wildman–Crippen LogP) is 3.15. The molecule has 0 radical (unpaired) electrons. The van der Waals surface area contributed by atoms with Gasteiger partial charge in [-0.05, 0) is 6.07 Å². The monoisotopic (exact) mass is 512 g/mol. The highest BCUT2D eigenvalue weighted by molar-refractivity contribution is 9.09. The normalized spacial score (nSPS) is 12.5. The molecule has 1 atom stereocenters. The van der Waals surface area contributed by atoms with Crippen molar-refractivity contribution in [1.29, 1.82) is 0 Å². The largest absolute Gasteiger partial charge is 0.477 e. The molecule has 1 aromatic carbocycles. The van der Waals surface area contributed by atoms with Crippen LogP contribution in [0.4, 0.5) is 13.2 Å². The second-order valence-corrected chi connectivity index (χ2v) is 7.47. The molecule has 0 amide bonds. The molecular formula is C18H17BrClF3N2O5. The van der Waals surface area contributed by atoms with Crippen LogP contribution in [0.2, 0.25) is 5.02 Å². The van der Waals surface area contributed by atoms with Crippen LogP contribution >= 0.6 is 27.5 Å². The molecule has 12 heteroatoms. The molecule has 7 nitrogen and oxygen atoms in total. The SMILES string of the molecule is COC(=O)C(CCBr)Oc1cc(-n2c(=O)cc(C(C)(F)F)n(C)c2=O)c(F)cc1Cl. The second-order valence-electron chi connectivity index (χ2n) is 6.27. The van der Waals surface area contributed by atoms with Crippen LogP contribution in [0.25, 0.3) is 5.69 Å². The van der Waals surface area contributed by atoms with E-state index in [9.17, 15) is 27.6 Å². The van der Waals surface area contributed by atoms with Crippen LogP contribution in [0.15, 0.2) is 27.8 Å². The van der Waals surface area contributed by atoms with Crippen molar-refractivity contribution in [3.8, 4) is 11.4 Å². The van der Waals surface area contributed by atoms with Crippen molar-refractivity contribution in [1.82, 2.24) is 9.13 Å². The molecular weight excluding hydrogens is 497 g/mol. The molecule has 2 aromatic rings. The molecule has 0 N–H and O–H groups in total. The van der Waals surface area contributed by atoms with E-state index in [1.54, 1.807) is 0 Å². The van der Waals surface area contributed by atoms with Crippen LogP contribution in [0.1, 0.15) is 19.0 Å². The number of nitrogens with zero attached hydrogens (tertiary/aromatic N) is 2. The molecule has 0 aliphatic carbocycles. The minimum absolute atomic E-state index is 0.178. The molecule has 0 bridgehead atoms. The highest BCUT2D eigenvalue weighted by atomic mass is 79.9. The summed E-state index contributed by atoms with van der Waals surface area (Å²) in [6.45, 7) is 0.525. The van der Waals surface area contributed by atoms with Crippen LogP contribution in [0.3, 0.4) is 0 Å². The number of alkyl halides is 3. The van der Waals surface area contributed by atoms with Crippen molar-refractivity contribution >= 4 is 33.5 Å². The van der Waals surface area contributed by atoms with Gasteiger partial charge >= 0.3 is 11.7 Å². The maximum absolute atomic E-state index is 14.6. The lowest BCUT2D eigenvalue weighted by molar-refractivity contribution is -0.148. The van der Waals surface area contributed by atoms with E-state index >= 15 is 0 Å². The Morgan fingerprint density at radius 1 is 1.30 bits per heavy atom. The molecule has 1 heterocycles. The Morgan fingerprint density at radius 3 is 2.47 bits per heavy atom. The number of ether oxygens (including phenoxy) is 2. The maximum atomic E-state index is 14.6. The standard InChI is InChI=1S/C18H17BrClF3N2O5/c1-18(22,23)14-8-15(26)25(17(28)24(14)2)11-7-13(9(20)6-10(11)21)30-12(4-5-19)16(27)29-3/h6-8,12H,4-5H2,1-3H3. The van der Waals surface area contributed by atoms with Crippen molar-refractivity contribution in [2.75, 3.05) is 12.4 Å². The highest BCUT2D eigenvalue weighted by Crippen LogP contribution is 2.31. The summed E-state index contributed by atoms with van der Waals surface area (Å²) < 4.78 is 52.9. The molecule has 0 saturated heterocycles. The van der Waals surface area contributed by atoms with Gasteiger partial charge in [-0.25, -0.2) is 27.3 Å². The predicted molar refractivity (Wildman–Crippen MR) is 107 cm³/mol. The van der Waals surface area contributed by atoms with Crippen LogP contribution in [0.5, 0.6) is 5.75 Å². The Labute approximate surface area is 182 Å². The summed E-state index contributed by atoms with van der Waals surface area (Å²) >= 11 is 9.14. The minimum Gasteiger partial charge on any atom is -0.477 e. The lowest BCUT2D eigenvalue weighted by Gasteiger charge is -2.19. The summed E-state index contributed by atoms with van der Waals surface area (Å²) in [5.74, 6) is -5.47. The first-order valence-corrected chi connectivity index (χ1v) is 9.93. The molecule has 0 fully saturated rings. The van der Waals surface area contributed by atoms with Gasteiger partial charge in [0.05, 0.1) is 23.5 Å². The van der Waals surface area contributed by atoms with Gasteiger partial charge in [-0.15, -0.1) is 0 Å². The van der Waals surface area contributed by atoms with E-state index in [4.69, 9.17) is 16.3 Å². The van der Waals surface area contributed by atoms with E-state index in [1.807, 2.05) is 0 Å². The maximum Gasteiger partial charge on any atom is 0.347 e. The number of hydrogen-bond donors (Lipinski definition) is 0. The number of carbonyl (C=O) groups excluding carboxylic acids is 1. The molecule has 1 unspecified atom stereocenters. The molecule has 0 saturated carbocycles. The average molecular weight is 514 g/mol. The topological polar surface area (TPSA) is 79.5 Å². The first-order chi connectivity index (χ1) is 13.9. The van der Waals surface area contributed by atoms with Crippen molar-refractivity contribution in [3.05, 3.63) is 55.6 Å². The van der Waals surface area contributed by atoms with Crippen LogP contribution in [-0.4, -0.2) is 33.6 Å². The van der Waals surface area contributed by atoms with E-state index < -0.39 is 46.4 Å². The Bertz CT molecular complexity index is 1080. The lowest BCUT2D eigenvalue weighted by Crippen LogP contribution is -2.41. The Morgan fingerprint density at radius 2 is 1.93 bits per heavy atom. The third-order valence-electron chi connectivity index (χ3n) is 4.12. The van der Waals surface area contributed by atoms with Gasteiger partial charge in [0.1, 0.15) is 11.6 Å². The van der Waals surface area contributed by atoms with Crippen LogP contribution in [0, 0.1) is 5.82 Å². The molecule has 2 rings (SSSR count). The number of benzene rings is 1. The zero-order chi connectivity index (χ0) is 22.8. The molecule has 0 aliphatic heterocycles. The van der Waals surface area contributed by atoms with E-state index in [2.05, 4.69) is 20.7 Å². The van der Waals surface area contributed by atoms with Gasteiger partial charge in [-0.1, -0.05) is 27.5 Å². The van der Waals surface area contributed by atoms with Gasteiger partial charge in [0.2, 0.25) is 0 Å². The summed E-state index contributed by atoms with van der Waals surface area (Å²) in [5.41, 5.74) is -3.78.